The molecule has 0 bridgehead atoms. The van der Waals surface area contributed by atoms with E-state index in [-0.39, 0.29) is 11.7 Å². The van der Waals surface area contributed by atoms with Crippen LogP contribution in [-0.2, 0) is 0 Å². The smallest absolute Gasteiger partial charge is 0.409 e. The SMILES string of the molecule is CCN(CC)C(=O)c1ccccc1OC(=O)N(C)C. The van der Waals surface area contributed by atoms with Crippen LogP contribution in [0.3, 0.4) is 0 Å². The zero-order chi connectivity index (χ0) is 14.4. The van der Waals surface area contributed by atoms with Crippen molar-refractivity contribution in [2.75, 3.05) is 27.2 Å². The quantitative estimate of drug-likeness (QED) is 0.838. The summed E-state index contributed by atoms with van der Waals surface area (Å²) in [4.78, 5) is 26.9. The van der Waals surface area contributed by atoms with Gasteiger partial charge in [0, 0.05) is 27.2 Å². The van der Waals surface area contributed by atoms with E-state index < -0.39 is 6.09 Å². The molecule has 19 heavy (non-hydrogen) atoms. The molecular formula is C14H20N2O3. The maximum absolute atomic E-state index is 12.3. The fourth-order valence-electron chi connectivity index (χ4n) is 1.60. The van der Waals surface area contributed by atoms with Gasteiger partial charge in [0.15, 0.2) is 0 Å². The zero-order valence-corrected chi connectivity index (χ0v) is 11.8. The average molecular weight is 264 g/mol. The fourth-order valence-corrected chi connectivity index (χ4v) is 1.60. The number of para-hydroxylation sites is 1. The van der Waals surface area contributed by atoms with Gasteiger partial charge in [-0.3, -0.25) is 4.79 Å². The molecule has 2 amide bonds. The second kappa shape index (κ2) is 6.78. The molecule has 0 N–H and O–H groups in total. The van der Waals surface area contributed by atoms with Crippen molar-refractivity contribution < 1.29 is 14.3 Å². The summed E-state index contributed by atoms with van der Waals surface area (Å²) >= 11 is 0. The van der Waals surface area contributed by atoms with E-state index in [0.29, 0.717) is 18.7 Å². The molecule has 0 spiro atoms. The van der Waals surface area contributed by atoms with Crippen LogP contribution in [0.1, 0.15) is 24.2 Å². The molecule has 1 aromatic rings. The fraction of sp³-hybridized carbons (Fsp3) is 0.429. The number of nitrogens with zero attached hydrogens (tertiary/aromatic N) is 2. The zero-order valence-electron chi connectivity index (χ0n) is 11.8. The van der Waals surface area contributed by atoms with Gasteiger partial charge in [-0.1, -0.05) is 12.1 Å². The first-order valence-electron chi connectivity index (χ1n) is 6.28. The van der Waals surface area contributed by atoms with E-state index in [9.17, 15) is 9.59 Å². The third-order valence-corrected chi connectivity index (χ3v) is 2.73. The molecule has 104 valence electrons. The highest BCUT2D eigenvalue weighted by atomic mass is 16.6. The summed E-state index contributed by atoms with van der Waals surface area (Å²) in [7, 11) is 3.19. The number of carbonyl (C=O) groups is 2. The van der Waals surface area contributed by atoms with Crippen LogP contribution in [0.2, 0.25) is 0 Å². The number of hydrogen-bond donors (Lipinski definition) is 0. The number of hydrogen-bond acceptors (Lipinski definition) is 3. The molecule has 0 aliphatic heterocycles. The lowest BCUT2D eigenvalue weighted by atomic mass is 10.1. The highest BCUT2D eigenvalue weighted by molar-refractivity contribution is 5.97. The first kappa shape index (κ1) is 15.0. The minimum Gasteiger partial charge on any atom is -0.409 e. The Kier molecular flexibility index (Phi) is 5.36. The topological polar surface area (TPSA) is 49.9 Å². The Labute approximate surface area is 113 Å². The average Bonchev–Trinajstić information content (AvgIpc) is 2.40. The number of amides is 2. The van der Waals surface area contributed by atoms with E-state index >= 15 is 0 Å². The van der Waals surface area contributed by atoms with Crippen LogP contribution in [0.25, 0.3) is 0 Å². The summed E-state index contributed by atoms with van der Waals surface area (Å²) in [6.45, 7) is 5.06. The van der Waals surface area contributed by atoms with Gasteiger partial charge >= 0.3 is 6.09 Å². The Balaban J connectivity index is 3.02. The van der Waals surface area contributed by atoms with Crippen molar-refractivity contribution in [3.63, 3.8) is 0 Å². The summed E-state index contributed by atoms with van der Waals surface area (Å²) < 4.78 is 5.21. The molecule has 0 aliphatic rings. The van der Waals surface area contributed by atoms with E-state index in [1.165, 1.54) is 4.90 Å². The normalized spacial score (nSPS) is 9.89. The molecule has 0 heterocycles. The molecule has 0 radical (unpaired) electrons. The van der Waals surface area contributed by atoms with Crippen LogP contribution in [-0.4, -0.2) is 49.0 Å². The van der Waals surface area contributed by atoms with Gasteiger partial charge in [0.1, 0.15) is 5.75 Å². The van der Waals surface area contributed by atoms with Crippen molar-refractivity contribution in [2.24, 2.45) is 0 Å². The Morgan fingerprint density at radius 2 is 1.68 bits per heavy atom. The summed E-state index contributed by atoms with van der Waals surface area (Å²) in [6, 6.07) is 6.78. The monoisotopic (exact) mass is 264 g/mol. The van der Waals surface area contributed by atoms with Gasteiger partial charge in [0.25, 0.3) is 5.91 Å². The van der Waals surface area contributed by atoms with Crippen molar-refractivity contribution in [3.05, 3.63) is 29.8 Å². The molecule has 5 heteroatoms. The lowest BCUT2D eigenvalue weighted by Gasteiger charge is -2.20. The largest absolute Gasteiger partial charge is 0.414 e. The first-order valence-corrected chi connectivity index (χ1v) is 6.28. The van der Waals surface area contributed by atoms with Crippen LogP contribution in [0, 0.1) is 0 Å². The van der Waals surface area contributed by atoms with Crippen molar-refractivity contribution in [2.45, 2.75) is 13.8 Å². The van der Waals surface area contributed by atoms with Gasteiger partial charge in [-0.2, -0.15) is 0 Å². The summed E-state index contributed by atoms with van der Waals surface area (Å²) in [6.07, 6.45) is -0.500. The van der Waals surface area contributed by atoms with E-state index in [4.69, 9.17) is 4.74 Å². The highest BCUT2D eigenvalue weighted by Gasteiger charge is 2.19. The summed E-state index contributed by atoms with van der Waals surface area (Å²) in [5.74, 6) is 0.158. The molecule has 0 unspecified atom stereocenters. The van der Waals surface area contributed by atoms with Gasteiger partial charge in [0.05, 0.1) is 5.56 Å². The Bertz CT molecular complexity index is 454. The molecule has 1 aromatic carbocycles. The molecule has 0 aromatic heterocycles. The van der Waals surface area contributed by atoms with Gasteiger partial charge < -0.3 is 14.5 Å². The molecule has 1 rings (SSSR count). The van der Waals surface area contributed by atoms with Gasteiger partial charge in [-0.15, -0.1) is 0 Å². The van der Waals surface area contributed by atoms with Crippen LogP contribution < -0.4 is 4.74 Å². The Morgan fingerprint density at radius 3 is 2.21 bits per heavy atom. The molecule has 0 fully saturated rings. The maximum atomic E-state index is 12.3. The first-order chi connectivity index (χ1) is 9.01. The molecule has 0 saturated heterocycles. The van der Waals surface area contributed by atoms with E-state index in [2.05, 4.69) is 0 Å². The molecule has 0 saturated carbocycles. The summed E-state index contributed by atoms with van der Waals surface area (Å²) in [5.41, 5.74) is 0.404. The van der Waals surface area contributed by atoms with Gasteiger partial charge in [-0.25, -0.2) is 4.79 Å². The van der Waals surface area contributed by atoms with Crippen molar-refractivity contribution in [3.8, 4) is 5.75 Å². The number of carbonyl (C=O) groups excluding carboxylic acids is 2. The number of rotatable bonds is 4. The number of benzene rings is 1. The molecule has 0 aliphatic carbocycles. The van der Waals surface area contributed by atoms with Crippen LogP contribution >= 0.6 is 0 Å². The van der Waals surface area contributed by atoms with Gasteiger partial charge in [-0.05, 0) is 26.0 Å². The number of ether oxygens (including phenoxy) is 1. The minimum absolute atomic E-state index is 0.132. The third kappa shape index (κ3) is 3.71. The second-order valence-corrected chi connectivity index (χ2v) is 4.24. The van der Waals surface area contributed by atoms with Crippen molar-refractivity contribution >= 4 is 12.0 Å². The highest BCUT2D eigenvalue weighted by Crippen LogP contribution is 2.20. The molecule has 5 nitrogen and oxygen atoms in total. The predicted octanol–water partition coefficient (Wildman–Crippen LogP) is 2.23. The van der Waals surface area contributed by atoms with E-state index in [1.807, 2.05) is 13.8 Å². The van der Waals surface area contributed by atoms with Crippen LogP contribution in [0.5, 0.6) is 5.75 Å². The molecular weight excluding hydrogens is 244 g/mol. The standard InChI is InChI=1S/C14H20N2O3/c1-5-16(6-2)13(17)11-9-7-8-10-12(11)19-14(18)15(3)4/h7-10H,5-6H2,1-4H3. The van der Waals surface area contributed by atoms with E-state index in [1.54, 1.807) is 43.3 Å². The van der Waals surface area contributed by atoms with Crippen LogP contribution in [0.4, 0.5) is 4.79 Å². The second-order valence-electron chi connectivity index (χ2n) is 4.24. The lowest BCUT2D eigenvalue weighted by Crippen LogP contribution is -2.32. The Hall–Kier alpha value is -2.04. The Morgan fingerprint density at radius 1 is 1.11 bits per heavy atom. The predicted molar refractivity (Wildman–Crippen MR) is 73.4 cm³/mol. The molecule has 0 atom stereocenters. The minimum atomic E-state index is -0.500. The maximum Gasteiger partial charge on any atom is 0.414 e. The van der Waals surface area contributed by atoms with Crippen molar-refractivity contribution in [1.29, 1.82) is 0 Å². The van der Waals surface area contributed by atoms with E-state index in [0.717, 1.165) is 0 Å². The van der Waals surface area contributed by atoms with Gasteiger partial charge in [0.2, 0.25) is 0 Å². The third-order valence-electron chi connectivity index (χ3n) is 2.73. The van der Waals surface area contributed by atoms with Crippen molar-refractivity contribution in [1.82, 2.24) is 9.80 Å². The van der Waals surface area contributed by atoms with Crippen LogP contribution in [0.15, 0.2) is 24.3 Å². The summed E-state index contributed by atoms with van der Waals surface area (Å²) in [5, 5.41) is 0. The lowest BCUT2D eigenvalue weighted by molar-refractivity contribution is 0.0769.